The van der Waals surface area contributed by atoms with E-state index >= 15 is 0 Å². The summed E-state index contributed by atoms with van der Waals surface area (Å²) < 4.78 is 26.2. The zero-order chi connectivity index (χ0) is 35.4. The van der Waals surface area contributed by atoms with Gasteiger partial charge in [0.25, 0.3) is 0 Å². The Morgan fingerprint density at radius 2 is 0.979 bits per heavy atom. The van der Waals surface area contributed by atoms with Gasteiger partial charge < -0.3 is 19.3 Å². The molecule has 0 unspecified atom stereocenters. The molecule has 0 saturated carbocycles. The summed E-state index contributed by atoms with van der Waals surface area (Å²) in [6.45, 7) is 3.54. The molecule has 0 bridgehead atoms. The van der Waals surface area contributed by atoms with Gasteiger partial charge in [0.1, 0.15) is 6.61 Å². The Hall–Kier alpha value is -2.25. The van der Waals surface area contributed by atoms with Crippen molar-refractivity contribution in [1.29, 1.82) is 0 Å². The lowest BCUT2D eigenvalue weighted by Crippen LogP contribution is -2.29. The van der Waals surface area contributed by atoms with Crippen molar-refractivity contribution in [3.8, 4) is 0 Å². The normalized spacial score (nSPS) is 13.2. The van der Waals surface area contributed by atoms with Crippen LogP contribution in [0.4, 0.5) is 0 Å². The van der Waals surface area contributed by atoms with E-state index < -0.39 is 32.5 Å². The lowest BCUT2D eigenvalue weighted by atomic mass is 10.1. The second-order valence-electron chi connectivity index (χ2n) is 12.2. The molecule has 48 heavy (non-hydrogen) atoms. The molecule has 0 fully saturated rings. The third-order valence-electron chi connectivity index (χ3n) is 7.49. The van der Waals surface area contributed by atoms with Crippen LogP contribution in [0.15, 0.2) is 60.8 Å². The number of rotatable bonds is 33. The Labute approximate surface area is 292 Å². The minimum Gasteiger partial charge on any atom is -0.462 e. The maximum Gasteiger partial charge on any atom is 0.469 e. The monoisotopic (exact) mass is 694 g/mol. The highest BCUT2D eigenvalue weighted by atomic mass is 31.2. The van der Waals surface area contributed by atoms with Crippen LogP contribution in [-0.2, 0) is 28.2 Å². The van der Waals surface area contributed by atoms with Crippen LogP contribution >= 0.6 is 7.82 Å². The maximum absolute atomic E-state index is 12.3. The molecule has 0 radical (unpaired) electrons. The number of phosphoric ester groups is 1. The zero-order valence-electron chi connectivity index (χ0n) is 30.1. The van der Waals surface area contributed by atoms with E-state index in [9.17, 15) is 14.2 Å². The van der Waals surface area contributed by atoms with E-state index in [2.05, 4.69) is 79.1 Å². The topological polar surface area (TPSA) is 119 Å². The number of phosphoric acid groups is 1. The van der Waals surface area contributed by atoms with Crippen molar-refractivity contribution in [3.63, 3.8) is 0 Å². The van der Waals surface area contributed by atoms with Gasteiger partial charge in [-0.2, -0.15) is 0 Å². The predicted octanol–water partition coefficient (Wildman–Crippen LogP) is 11.0. The molecule has 0 aromatic heterocycles. The SMILES string of the molecule is CCC/C=C/C/C=C/C/C=C/C/C=C/CCCCCC(=O)OC[C@H](COP(=O)(O)O)OC(=O)CCCCC/C=C/CCCCCCCC. The lowest BCUT2D eigenvalue weighted by molar-refractivity contribution is -0.161. The number of carbonyl (C=O) groups excluding carboxylic acids is 2. The Balaban J connectivity index is 4.07. The second-order valence-corrected chi connectivity index (χ2v) is 13.4. The lowest BCUT2D eigenvalue weighted by Gasteiger charge is -2.18. The van der Waals surface area contributed by atoms with Gasteiger partial charge in [-0.25, -0.2) is 4.57 Å². The molecule has 0 heterocycles. The van der Waals surface area contributed by atoms with E-state index in [1.807, 2.05) is 0 Å². The van der Waals surface area contributed by atoms with Gasteiger partial charge in [0, 0.05) is 12.8 Å². The first kappa shape index (κ1) is 45.8. The molecular weight excluding hydrogens is 627 g/mol. The van der Waals surface area contributed by atoms with Crippen molar-refractivity contribution in [3.05, 3.63) is 60.8 Å². The standard InChI is InChI=1S/C39H67O8P/c1-3-5-7-9-11-13-15-17-18-19-20-22-23-25-27-29-31-33-38(40)45-35-37(36-46-48(42,43)44)47-39(41)34-32-30-28-26-24-21-16-14-12-10-8-6-4-2/h7,9,13,15,18-19,21-24,37H,3-6,8,10-12,14,16-17,20,25-36H2,1-2H3,(H2,42,43,44)/b9-7+,15-13+,19-18+,23-22+,24-21+/t37-/m1/s1. The summed E-state index contributed by atoms with van der Waals surface area (Å²) in [5, 5.41) is 0. The summed E-state index contributed by atoms with van der Waals surface area (Å²) >= 11 is 0. The molecule has 0 amide bonds. The average molecular weight is 695 g/mol. The van der Waals surface area contributed by atoms with Gasteiger partial charge in [0.15, 0.2) is 6.10 Å². The molecule has 2 N–H and O–H groups in total. The molecular formula is C39H67O8P. The number of unbranched alkanes of at least 4 members (excludes halogenated alkanes) is 13. The van der Waals surface area contributed by atoms with Crippen LogP contribution in [0.2, 0.25) is 0 Å². The Morgan fingerprint density at radius 3 is 1.50 bits per heavy atom. The van der Waals surface area contributed by atoms with Crippen molar-refractivity contribution in [1.82, 2.24) is 0 Å². The molecule has 0 rings (SSSR count). The van der Waals surface area contributed by atoms with Gasteiger partial charge >= 0.3 is 19.8 Å². The van der Waals surface area contributed by atoms with Gasteiger partial charge in [-0.1, -0.05) is 126 Å². The summed E-state index contributed by atoms with van der Waals surface area (Å²) in [6.07, 6.45) is 42.3. The van der Waals surface area contributed by atoms with Crippen LogP contribution in [0, 0.1) is 0 Å². The van der Waals surface area contributed by atoms with Gasteiger partial charge in [-0.15, -0.1) is 0 Å². The Kier molecular flexibility index (Phi) is 33.0. The smallest absolute Gasteiger partial charge is 0.462 e. The summed E-state index contributed by atoms with van der Waals surface area (Å²) in [4.78, 5) is 42.6. The number of esters is 2. The average Bonchev–Trinajstić information content (AvgIpc) is 3.05. The molecule has 0 aliphatic heterocycles. The van der Waals surface area contributed by atoms with Gasteiger partial charge in [-0.05, 0) is 77.0 Å². The van der Waals surface area contributed by atoms with E-state index in [0.29, 0.717) is 12.8 Å². The minimum atomic E-state index is -4.76. The van der Waals surface area contributed by atoms with Crippen LogP contribution in [0.1, 0.15) is 155 Å². The second kappa shape index (κ2) is 34.6. The summed E-state index contributed by atoms with van der Waals surface area (Å²) in [6, 6.07) is 0. The predicted molar refractivity (Wildman–Crippen MR) is 197 cm³/mol. The fraction of sp³-hybridized carbons (Fsp3) is 0.692. The van der Waals surface area contributed by atoms with Crippen LogP contribution in [0.25, 0.3) is 0 Å². The van der Waals surface area contributed by atoms with Crippen LogP contribution < -0.4 is 0 Å². The first-order valence-corrected chi connectivity index (χ1v) is 20.1. The highest BCUT2D eigenvalue weighted by molar-refractivity contribution is 7.46. The van der Waals surface area contributed by atoms with Crippen molar-refractivity contribution in [2.24, 2.45) is 0 Å². The number of allylic oxidation sites excluding steroid dienone is 10. The van der Waals surface area contributed by atoms with E-state index in [1.54, 1.807) is 0 Å². The fourth-order valence-electron chi connectivity index (χ4n) is 4.71. The van der Waals surface area contributed by atoms with Crippen molar-refractivity contribution < 1.29 is 37.9 Å². The Morgan fingerprint density at radius 1 is 0.542 bits per heavy atom. The van der Waals surface area contributed by atoms with Crippen LogP contribution in [0.5, 0.6) is 0 Å². The molecule has 0 aliphatic carbocycles. The van der Waals surface area contributed by atoms with Gasteiger partial charge in [-0.3, -0.25) is 14.1 Å². The summed E-state index contributed by atoms with van der Waals surface area (Å²) in [7, 11) is -4.76. The third kappa shape index (κ3) is 36.6. The Bertz CT molecular complexity index is 963. The van der Waals surface area contributed by atoms with E-state index in [4.69, 9.17) is 19.3 Å². The molecule has 276 valence electrons. The number of ether oxygens (including phenoxy) is 2. The first-order valence-electron chi connectivity index (χ1n) is 18.6. The fourth-order valence-corrected chi connectivity index (χ4v) is 5.07. The first-order chi connectivity index (χ1) is 23.3. The highest BCUT2D eigenvalue weighted by Gasteiger charge is 2.22. The summed E-state index contributed by atoms with van der Waals surface area (Å²) in [5.41, 5.74) is 0. The van der Waals surface area contributed by atoms with E-state index in [1.165, 1.54) is 44.9 Å². The van der Waals surface area contributed by atoms with Crippen LogP contribution in [0.3, 0.4) is 0 Å². The molecule has 1 atom stereocenters. The minimum absolute atomic E-state index is 0.182. The van der Waals surface area contributed by atoms with Crippen LogP contribution in [-0.4, -0.2) is 41.0 Å². The highest BCUT2D eigenvalue weighted by Crippen LogP contribution is 2.35. The molecule has 0 saturated heterocycles. The molecule has 0 aromatic rings. The summed E-state index contributed by atoms with van der Waals surface area (Å²) in [5.74, 6) is -0.946. The molecule has 0 aromatic carbocycles. The molecule has 9 heteroatoms. The van der Waals surface area contributed by atoms with Crippen molar-refractivity contribution in [2.75, 3.05) is 13.2 Å². The quantitative estimate of drug-likeness (QED) is 0.0301. The van der Waals surface area contributed by atoms with E-state index in [-0.39, 0.29) is 19.4 Å². The largest absolute Gasteiger partial charge is 0.469 e. The van der Waals surface area contributed by atoms with Gasteiger partial charge in [0.05, 0.1) is 6.61 Å². The van der Waals surface area contributed by atoms with Crippen molar-refractivity contribution >= 4 is 19.8 Å². The number of hydrogen-bond donors (Lipinski definition) is 2. The molecule has 0 aliphatic rings. The third-order valence-corrected chi connectivity index (χ3v) is 7.98. The maximum atomic E-state index is 12.3. The zero-order valence-corrected chi connectivity index (χ0v) is 31.0. The molecule has 8 nitrogen and oxygen atoms in total. The molecule has 0 spiro atoms. The van der Waals surface area contributed by atoms with Gasteiger partial charge in [0.2, 0.25) is 0 Å². The van der Waals surface area contributed by atoms with Crippen molar-refractivity contribution in [2.45, 2.75) is 161 Å². The number of carbonyl (C=O) groups is 2. The van der Waals surface area contributed by atoms with E-state index in [0.717, 1.165) is 70.6 Å². The number of hydrogen-bond acceptors (Lipinski definition) is 6.